The van der Waals surface area contributed by atoms with E-state index in [1.165, 1.54) is 55.8 Å². The van der Waals surface area contributed by atoms with E-state index in [0.717, 1.165) is 30.7 Å². The number of fused-ring (bicyclic) bond motifs is 1. The summed E-state index contributed by atoms with van der Waals surface area (Å²) in [5, 5.41) is 0. The number of ether oxygens (including phenoxy) is 1. The Balaban J connectivity index is 1.71. The number of benzene rings is 5. The molecule has 0 saturated carbocycles. The van der Waals surface area contributed by atoms with Crippen LogP contribution in [0.1, 0.15) is 49.8 Å². The van der Waals surface area contributed by atoms with Crippen LogP contribution in [-0.2, 0) is 0 Å². The van der Waals surface area contributed by atoms with E-state index in [0.29, 0.717) is 0 Å². The van der Waals surface area contributed by atoms with E-state index in [9.17, 15) is 0 Å². The van der Waals surface area contributed by atoms with Crippen LogP contribution < -0.4 is 9.64 Å². The van der Waals surface area contributed by atoms with Crippen LogP contribution in [0.15, 0.2) is 109 Å². The van der Waals surface area contributed by atoms with Gasteiger partial charge in [-0.25, -0.2) is 0 Å². The lowest BCUT2D eigenvalue weighted by Gasteiger charge is -2.44. The number of aryl methyl sites for hydroxylation is 3. The van der Waals surface area contributed by atoms with Gasteiger partial charge >= 0.3 is 0 Å². The molecule has 0 fully saturated rings. The third-order valence-corrected chi connectivity index (χ3v) is 8.52. The van der Waals surface area contributed by atoms with E-state index in [-0.39, 0.29) is 12.1 Å². The van der Waals surface area contributed by atoms with Crippen molar-refractivity contribution < 1.29 is 4.74 Å². The molecule has 2 nitrogen and oxygen atoms in total. The van der Waals surface area contributed by atoms with Gasteiger partial charge in [0, 0.05) is 5.69 Å². The molecule has 5 aromatic carbocycles. The van der Waals surface area contributed by atoms with E-state index >= 15 is 0 Å². The van der Waals surface area contributed by atoms with Gasteiger partial charge in [0.05, 0.1) is 11.7 Å². The highest BCUT2D eigenvalue weighted by atomic mass is 16.5. The molecule has 42 heavy (non-hydrogen) atoms. The van der Waals surface area contributed by atoms with Crippen LogP contribution in [-0.4, -0.2) is 12.1 Å². The maximum Gasteiger partial charge on any atom is 0.143 e. The molecule has 2 heteroatoms. The third-order valence-electron chi connectivity index (χ3n) is 8.52. The van der Waals surface area contributed by atoms with Gasteiger partial charge in [0.15, 0.2) is 0 Å². The standard InChI is InChI=1S/C40H41NO/c1-6-13-36-38(7-2)42-39-21-9-8-20-37(39)41(36)33-25-34(30-17-10-14-27(3)22-30)40(32-19-12-16-29(5)24-32)35(26-33)31-18-11-15-28(4)23-31/h8-12,14-26,36,38H,6-7,13H2,1-5H3. The maximum absolute atomic E-state index is 6.62. The monoisotopic (exact) mass is 551 g/mol. The van der Waals surface area contributed by atoms with Gasteiger partial charge in [0.2, 0.25) is 0 Å². The van der Waals surface area contributed by atoms with E-state index in [4.69, 9.17) is 4.74 Å². The Morgan fingerprint density at radius 1 is 0.619 bits per heavy atom. The molecular weight excluding hydrogens is 510 g/mol. The van der Waals surface area contributed by atoms with Crippen LogP contribution in [0.5, 0.6) is 5.75 Å². The first-order chi connectivity index (χ1) is 20.5. The van der Waals surface area contributed by atoms with Crippen molar-refractivity contribution in [3.63, 3.8) is 0 Å². The largest absolute Gasteiger partial charge is 0.486 e. The number of anilines is 2. The zero-order valence-corrected chi connectivity index (χ0v) is 25.5. The zero-order chi connectivity index (χ0) is 29.2. The lowest BCUT2D eigenvalue weighted by Crippen LogP contribution is -2.47. The number of hydrogen-bond donors (Lipinski definition) is 0. The third kappa shape index (κ3) is 5.34. The second-order valence-electron chi connectivity index (χ2n) is 11.8. The molecular formula is C40H41NO. The minimum Gasteiger partial charge on any atom is -0.486 e. The molecule has 2 unspecified atom stereocenters. The molecule has 0 spiro atoms. The molecule has 0 amide bonds. The first-order valence-electron chi connectivity index (χ1n) is 15.4. The van der Waals surface area contributed by atoms with Crippen molar-refractivity contribution in [3.05, 3.63) is 126 Å². The van der Waals surface area contributed by atoms with Crippen LogP contribution in [0.3, 0.4) is 0 Å². The zero-order valence-electron chi connectivity index (χ0n) is 25.5. The summed E-state index contributed by atoms with van der Waals surface area (Å²) in [5.41, 5.74) is 13.7. The average molecular weight is 552 g/mol. The van der Waals surface area contributed by atoms with Crippen LogP contribution in [0, 0.1) is 20.8 Å². The van der Waals surface area contributed by atoms with Crippen molar-refractivity contribution in [1.29, 1.82) is 0 Å². The SMILES string of the molecule is CCCC1C(CC)Oc2ccccc2N1c1cc(-c2cccc(C)c2)c(-c2cccc(C)c2)c(-c2cccc(C)c2)c1. The van der Waals surface area contributed by atoms with Gasteiger partial charge in [-0.05, 0) is 91.3 Å². The Morgan fingerprint density at radius 2 is 1.17 bits per heavy atom. The Kier molecular flexibility index (Phi) is 7.89. The minimum atomic E-state index is 0.126. The fraction of sp³-hybridized carbons (Fsp3) is 0.250. The summed E-state index contributed by atoms with van der Waals surface area (Å²) in [5.74, 6) is 0.966. The van der Waals surface area contributed by atoms with Crippen molar-refractivity contribution in [2.45, 2.75) is 66.0 Å². The molecule has 0 bridgehead atoms. The molecule has 1 aliphatic rings. The normalized spacial score (nSPS) is 16.2. The Labute approximate surface area is 251 Å². The first-order valence-corrected chi connectivity index (χ1v) is 15.4. The van der Waals surface area contributed by atoms with E-state index in [1.54, 1.807) is 0 Å². The number of hydrogen-bond acceptors (Lipinski definition) is 2. The molecule has 1 heterocycles. The predicted octanol–water partition coefficient (Wildman–Crippen LogP) is 11.1. The average Bonchev–Trinajstić information content (AvgIpc) is 3.00. The molecule has 1 aliphatic heterocycles. The molecule has 6 rings (SSSR count). The molecule has 0 aromatic heterocycles. The van der Waals surface area contributed by atoms with Gasteiger partial charge in [0.25, 0.3) is 0 Å². The van der Waals surface area contributed by atoms with E-state index in [1.807, 2.05) is 0 Å². The highest BCUT2D eigenvalue weighted by Gasteiger charge is 2.36. The molecule has 0 aliphatic carbocycles. The lowest BCUT2D eigenvalue weighted by atomic mass is 9.85. The summed E-state index contributed by atoms with van der Waals surface area (Å²) >= 11 is 0. The molecule has 5 aromatic rings. The second kappa shape index (κ2) is 11.9. The maximum atomic E-state index is 6.62. The lowest BCUT2D eigenvalue weighted by molar-refractivity contribution is 0.148. The highest BCUT2D eigenvalue weighted by Crippen LogP contribution is 2.48. The van der Waals surface area contributed by atoms with Crippen LogP contribution in [0.4, 0.5) is 11.4 Å². The van der Waals surface area contributed by atoms with Gasteiger partial charge in [-0.3, -0.25) is 0 Å². The fourth-order valence-electron chi connectivity index (χ4n) is 6.60. The minimum absolute atomic E-state index is 0.126. The summed E-state index contributed by atoms with van der Waals surface area (Å²) in [6, 6.07) is 40.5. The van der Waals surface area contributed by atoms with Gasteiger partial charge < -0.3 is 9.64 Å². The Hall–Kier alpha value is -4.30. The van der Waals surface area contributed by atoms with Crippen molar-refractivity contribution in [2.75, 3.05) is 4.90 Å². The van der Waals surface area contributed by atoms with Crippen molar-refractivity contribution in [3.8, 4) is 39.1 Å². The molecule has 2 atom stereocenters. The summed E-state index contributed by atoms with van der Waals surface area (Å²) in [6.45, 7) is 11.1. The number of para-hydroxylation sites is 2. The van der Waals surface area contributed by atoms with Gasteiger partial charge in [-0.1, -0.05) is 122 Å². The van der Waals surface area contributed by atoms with E-state index in [2.05, 4.69) is 149 Å². The van der Waals surface area contributed by atoms with Crippen LogP contribution in [0.25, 0.3) is 33.4 Å². The van der Waals surface area contributed by atoms with E-state index < -0.39 is 0 Å². The van der Waals surface area contributed by atoms with Crippen molar-refractivity contribution >= 4 is 11.4 Å². The Bertz CT molecular complexity index is 1650. The van der Waals surface area contributed by atoms with Crippen molar-refractivity contribution in [2.24, 2.45) is 0 Å². The highest BCUT2D eigenvalue weighted by molar-refractivity contribution is 5.98. The van der Waals surface area contributed by atoms with Gasteiger partial charge in [-0.2, -0.15) is 0 Å². The predicted molar refractivity (Wildman–Crippen MR) is 179 cm³/mol. The van der Waals surface area contributed by atoms with Gasteiger partial charge in [-0.15, -0.1) is 0 Å². The second-order valence-corrected chi connectivity index (χ2v) is 11.8. The summed E-state index contributed by atoms with van der Waals surface area (Å²) < 4.78 is 6.62. The smallest absolute Gasteiger partial charge is 0.143 e. The molecule has 0 radical (unpaired) electrons. The first kappa shape index (κ1) is 27.8. The van der Waals surface area contributed by atoms with Gasteiger partial charge in [0.1, 0.15) is 11.9 Å². The Morgan fingerprint density at radius 3 is 1.71 bits per heavy atom. The number of nitrogens with zero attached hydrogens (tertiary/aromatic N) is 1. The quantitative estimate of drug-likeness (QED) is 0.199. The van der Waals surface area contributed by atoms with Crippen LogP contribution in [0.2, 0.25) is 0 Å². The molecule has 0 saturated heterocycles. The molecule has 212 valence electrons. The summed E-state index contributed by atoms with van der Waals surface area (Å²) in [6.07, 6.45) is 3.25. The topological polar surface area (TPSA) is 12.5 Å². The summed E-state index contributed by atoms with van der Waals surface area (Å²) in [4.78, 5) is 2.58. The van der Waals surface area contributed by atoms with Crippen LogP contribution >= 0.6 is 0 Å². The molecule has 0 N–H and O–H groups in total. The number of rotatable bonds is 7. The summed E-state index contributed by atoms with van der Waals surface area (Å²) in [7, 11) is 0. The fourth-order valence-corrected chi connectivity index (χ4v) is 6.60. The van der Waals surface area contributed by atoms with Crippen molar-refractivity contribution in [1.82, 2.24) is 0 Å².